The van der Waals surface area contributed by atoms with Crippen molar-refractivity contribution < 1.29 is 18.0 Å². The normalized spacial score (nSPS) is 36.7. The fourth-order valence-electron chi connectivity index (χ4n) is 5.39. The molecule has 0 bridgehead atoms. The molecule has 1 N–H and O–H groups in total. The molecule has 2 saturated carbocycles. The average molecular weight is 372 g/mol. The SMILES string of the molecule is C=CC(=O)NC1CCC2CCCCC2N(C2CCC(C(F)(F)F)CC2)C1. The number of hydrogen-bond donors (Lipinski definition) is 1. The number of carbonyl (C=O) groups is 1. The number of nitrogens with zero attached hydrogens (tertiary/aromatic N) is 1. The summed E-state index contributed by atoms with van der Waals surface area (Å²) in [5.74, 6) is -0.667. The summed E-state index contributed by atoms with van der Waals surface area (Å²) in [6, 6.07) is 0.772. The molecule has 0 spiro atoms. The number of hydrogen-bond acceptors (Lipinski definition) is 2. The van der Waals surface area contributed by atoms with Gasteiger partial charge in [0.1, 0.15) is 0 Å². The van der Waals surface area contributed by atoms with Crippen molar-refractivity contribution in [1.29, 1.82) is 0 Å². The van der Waals surface area contributed by atoms with Crippen molar-refractivity contribution >= 4 is 5.91 Å². The van der Waals surface area contributed by atoms with Crippen molar-refractivity contribution in [2.24, 2.45) is 11.8 Å². The molecule has 0 aromatic heterocycles. The molecule has 1 amide bonds. The first-order valence-corrected chi connectivity index (χ1v) is 10.1. The molecule has 1 heterocycles. The van der Waals surface area contributed by atoms with Crippen LogP contribution in [0.2, 0.25) is 0 Å². The summed E-state index contributed by atoms with van der Waals surface area (Å²) in [7, 11) is 0. The van der Waals surface area contributed by atoms with Gasteiger partial charge in [0, 0.05) is 24.7 Å². The Kier molecular flexibility index (Phi) is 6.31. The van der Waals surface area contributed by atoms with E-state index in [1.54, 1.807) is 0 Å². The molecule has 3 aliphatic rings. The number of alkyl halides is 3. The zero-order valence-electron chi connectivity index (χ0n) is 15.4. The first kappa shape index (κ1) is 19.7. The first-order valence-electron chi connectivity index (χ1n) is 10.1. The highest BCUT2D eigenvalue weighted by atomic mass is 19.4. The van der Waals surface area contributed by atoms with E-state index in [1.165, 1.54) is 25.3 Å². The van der Waals surface area contributed by atoms with Gasteiger partial charge in [-0.25, -0.2) is 0 Å². The number of fused-ring (bicyclic) bond motifs is 1. The van der Waals surface area contributed by atoms with Gasteiger partial charge in [-0.3, -0.25) is 9.69 Å². The van der Waals surface area contributed by atoms with Crippen molar-refractivity contribution in [3.8, 4) is 0 Å². The average Bonchev–Trinajstić information content (AvgIpc) is 2.81. The Labute approximate surface area is 154 Å². The maximum Gasteiger partial charge on any atom is 0.391 e. The highest BCUT2D eigenvalue weighted by Crippen LogP contribution is 2.42. The lowest BCUT2D eigenvalue weighted by Crippen LogP contribution is -2.52. The minimum Gasteiger partial charge on any atom is -0.349 e. The van der Waals surface area contributed by atoms with E-state index in [4.69, 9.17) is 0 Å². The number of halogens is 3. The Bertz CT molecular complexity index is 500. The van der Waals surface area contributed by atoms with Crippen molar-refractivity contribution in [3.05, 3.63) is 12.7 Å². The van der Waals surface area contributed by atoms with Gasteiger partial charge in [0.25, 0.3) is 0 Å². The van der Waals surface area contributed by atoms with Gasteiger partial charge in [0.05, 0.1) is 5.92 Å². The molecule has 1 saturated heterocycles. The van der Waals surface area contributed by atoms with E-state index in [0.717, 1.165) is 25.8 Å². The minimum absolute atomic E-state index is 0.0754. The van der Waals surface area contributed by atoms with Gasteiger partial charge >= 0.3 is 6.18 Å². The van der Waals surface area contributed by atoms with Crippen LogP contribution in [0.4, 0.5) is 13.2 Å². The van der Waals surface area contributed by atoms with Crippen LogP contribution in [0.5, 0.6) is 0 Å². The highest BCUT2D eigenvalue weighted by Gasteiger charge is 2.44. The zero-order valence-corrected chi connectivity index (χ0v) is 15.4. The molecular formula is C20H31F3N2O. The molecule has 3 fully saturated rings. The summed E-state index contributed by atoms with van der Waals surface area (Å²) in [6.45, 7) is 4.30. The van der Waals surface area contributed by atoms with E-state index < -0.39 is 12.1 Å². The molecule has 6 heteroatoms. The van der Waals surface area contributed by atoms with E-state index in [1.807, 2.05) is 0 Å². The maximum atomic E-state index is 13.0. The smallest absolute Gasteiger partial charge is 0.349 e. The summed E-state index contributed by atoms with van der Waals surface area (Å²) in [4.78, 5) is 14.3. The van der Waals surface area contributed by atoms with Gasteiger partial charge in [-0.2, -0.15) is 13.2 Å². The second-order valence-electron chi connectivity index (χ2n) is 8.34. The van der Waals surface area contributed by atoms with Crippen LogP contribution < -0.4 is 5.32 Å². The van der Waals surface area contributed by atoms with Gasteiger partial charge < -0.3 is 5.32 Å². The van der Waals surface area contributed by atoms with E-state index in [0.29, 0.717) is 24.8 Å². The second-order valence-corrected chi connectivity index (χ2v) is 8.34. The minimum atomic E-state index is -4.06. The molecule has 0 aromatic carbocycles. The summed E-state index contributed by atoms with van der Waals surface area (Å²) < 4.78 is 39.1. The van der Waals surface area contributed by atoms with E-state index in [2.05, 4.69) is 16.8 Å². The molecule has 2 aliphatic carbocycles. The Morgan fingerprint density at radius 2 is 1.69 bits per heavy atom. The maximum absolute atomic E-state index is 13.0. The third-order valence-electron chi connectivity index (χ3n) is 6.77. The van der Waals surface area contributed by atoms with Crippen LogP contribution in [0, 0.1) is 11.8 Å². The lowest BCUT2D eigenvalue weighted by Gasteiger charge is -2.45. The molecule has 3 nitrogen and oxygen atoms in total. The summed E-state index contributed by atoms with van der Waals surface area (Å²) >= 11 is 0. The van der Waals surface area contributed by atoms with Crippen LogP contribution in [-0.4, -0.2) is 41.7 Å². The summed E-state index contributed by atoms with van der Waals surface area (Å²) in [5.41, 5.74) is 0. The number of nitrogens with one attached hydrogen (secondary N) is 1. The van der Waals surface area contributed by atoms with E-state index >= 15 is 0 Å². The zero-order chi connectivity index (χ0) is 18.7. The third kappa shape index (κ3) is 4.62. The Hall–Kier alpha value is -1.04. The predicted octanol–water partition coefficient (Wildman–Crippen LogP) is 4.43. The van der Waals surface area contributed by atoms with Gasteiger partial charge in [0.15, 0.2) is 0 Å². The molecule has 3 unspecified atom stereocenters. The monoisotopic (exact) mass is 372 g/mol. The molecule has 26 heavy (non-hydrogen) atoms. The quantitative estimate of drug-likeness (QED) is 0.743. The lowest BCUT2D eigenvalue weighted by atomic mass is 9.79. The van der Waals surface area contributed by atoms with E-state index in [9.17, 15) is 18.0 Å². The topological polar surface area (TPSA) is 32.3 Å². The molecule has 3 rings (SSSR count). The summed E-state index contributed by atoms with van der Waals surface area (Å²) in [6.07, 6.45) is 5.83. The standard InChI is InChI=1S/C20H31F3N2O/c1-2-19(26)24-16-10-7-14-5-3-4-6-18(14)25(13-16)17-11-8-15(9-12-17)20(21,22)23/h2,14-18H,1,3-13H2,(H,24,26). The molecule has 0 aromatic rings. The molecule has 1 aliphatic heterocycles. The Morgan fingerprint density at radius 3 is 2.35 bits per heavy atom. The van der Waals surface area contributed by atoms with Gasteiger partial charge in [-0.15, -0.1) is 0 Å². The molecular weight excluding hydrogens is 341 g/mol. The van der Waals surface area contributed by atoms with Crippen LogP contribution >= 0.6 is 0 Å². The second kappa shape index (κ2) is 8.32. The fraction of sp³-hybridized carbons (Fsp3) is 0.850. The number of amides is 1. The molecule has 3 atom stereocenters. The summed E-state index contributed by atoms with van der Waals surface area (Å²) in [5, 5.41) is 3.04. The van der Waals surface area contributed by atoms with Crippen molar-refractivity contribution in [1.82, 2.24) is 10.2 Å². The number of likely N-dealkylation sites (tertiary alicyclic amines) is 1. The predicted molar refractivity (Wildman–Crippen MR) is 95.6 cm³/mol. The van der Waals surface area contributed by atoms with Crippen LogP contribution in [-0.2, 0) is 4.79 Å². The lowest BCUT2D eigenvalue weighted by molar-refractivity contribution is -0.185. The van der Waals surface area contributed by atoms with Crippen molar-refractivity contribution in [2.45, 2.75) is 88.5 Å². The van der Waals surface area contributed by atoms with Gasteiger partial charge in [0.2, 0.25) is 5.91 Å². The molecule has 0 radical (unpaired) electrons. The van der Waals surface area contributed by atoms with Crippen molar-refractivity contribution in [2.75, 3.05) is 6.54 Å². The highest BCUT2D eigenvalue weighted by molar-refractivity contribution is 5.87. The number of carbonyl (C=O) groups excluding carboxylic acids is 1. The fourth-order valence-corrected chi connectivity index (χ4v) is 5.39. The Balaban J connectivity index is 1.70. The van der Waals surface area contributed by atoms with Gasteiger partial charge in [-0.05, 0) is 63.4 Å². The Morgan fingerprint density at radius 1 is 1.00 bits per heavy atom. The van der Waals surface area contributed by atoms with Gasteiger partial charge in [-0.1, -0.05) is 19.4 Å². The third-order valence-corrected chi connectivity index (χ3v) is 6.77. The van der Waals surface area contributed by atoms with Crippen LogP contribution in [0.3, 0.4) is 0 Å². The number of rotatable bonds is 3. The van der Waals surface area contributed by atoms with Crippen LogP contribution in [0.1, 0.15) is 64.2 Å². The molecule has 148 valence electrons. The first-order chi connectivity index (χ1) is 12.4. The largest absolute Gasteiger partial charge is 0.391 e. The van der Waals surface area contributed by atoms with Crippen molar-refractivity contribution in [3.63, 3.8) is 0 Å². The van der Waals surface area contributed by atoms with Crippen LogP contribution in [0.25, 0.3) is 0 Å². The van der Waals surface area contributed by atoms with E-state index in [-0.39, 0.29) is 30.8 Å². The van der Waals surface area contributed by atoms with Crippen LogP contribution in [0.15, 0.2) is 12.7 Å².